The SMILES string of the molecule is CCOC(=O)N1CCCN(C(=O)NCCCN2CCN(c3ccc(OC)cc3)CC2)CC1. The van der Waals surface area contributed by atoms with E-state index in [9.17, 15) is 9.59 Å². The molecule has 0 bridgehead atoms. The fraction of sp³-hybridized carbons (Fsp3) is 0.652. The van der Waals surface area contributed by atoms with E-state index in [2.05, 4.69) is 27.2 Å². The van der Waals surface area contributed by atoms with Crippen molar-refractivity contribution in [3.8, 4) is 5.75 Å². The van der Waals surface area contributed by atoms with Crippen molar-refractivity contribution < 1.29 is 19.1 Å². The van der Waals surface area contributed by atoms with Gasteiger partial charge in [-0.05, 0) is 50.6 Å². The lowest BCUT2D eigenvalue weighted by Gasteiger charge is -2.36. The molecule has 0 radical (unpaired) electrons. The van der Waals surface area contributed by atoms with Crippen molar-refractivity contribution in [3.05, 3.63) is 24.3 Å². The van der Waals surface area contributed by atoms with E-state index in [4.69, 9.17) is 9.47 Å². The van der Waals surface area contributed by atoms with Crippen LogP contribution < -0.4 is 15.0 Å². The van der Waals surface area contributed by atoms with Crippen LogP contribution in [0.2, 0.25) is 0 Å². The van der Waals surface area contributed by atoms with Crippen LogP contribution in [-0.2, 0) is 4.74 Å². The predicted octanol–water partition coefficient (Wildman–Crippen LogP) is 2.08. The number of amides is 3. The van der Waals surface area contributed by atoms with Gasteiger partial charge in [0.2, 0.25) is 0 Å². The number of ether oxygens (including phenoxy) is 2. The molecule has 3 rings (SSSR count). The second kappa shape index (κ2) is 12.4. The molecule has 0 atom stereocenters. The van der Waals surface area contributed by atoms with Crippen molar-refractivity contribution in [3.63, 3.8) is 0 Å². The number of nitrogens with zero attached hydrogens (tertiary/aromatic N) is 4. The van der Waals surface area contributed by atoms with Gasteiger partial charge in [-0.15, -0.1) is 0 Å². The highest BCUT2D eigenvalue weighted by Gasteiger charge is 2.22. The number of benzene rings is 1. The molecule has 0 aliphatic carbocycles. The van der Waals surface area contributed by atoms with Crippen molar-refractivity contribution in [2.24, 2.45) is 0 Å². The van der Waals surface area contributed by atoms with Crippen LogP contribution in [0.1, 0.15) is 19.8 Å². The number of anilines is 1. The normalized spacial score (nSPS) is 17.6. The Morgan fingerprint density at radius 1 is 0.938 bits per heavy atom. The van der Waals surface area contributed by atoms with Crippen LogP contribution in [-0.4, -0.2) is 106 Å². The summed E-state index contributed by atoms with van der Waals surface area (Å²) >= 11 is 0. The molecule has 178 valence electrons. The highest BCUT2D eigenvalue weighted by Crippen LogP contribution is 2.20. The number of hydrogen-bond acceptors (Lipinski definition) is 6. The molecular weight excluding hydrogens is 410 g/mol. The molecule has 2 fully saturated rings. The molecule has 1 aromatic carbocycles. The Balaban J connectivity index is 1.30. The first-order chi connectivity index (χ1) is 15.6. The molecule has 9 heteroatoms. The zero-order valence-corrected chi connectivity index (χ0v) is 19.4. The van der Waals surface area contributed by atoms with E-state index >= 15 is 0 Å². The average molecular weight is 448 g/mol. The molecule has 32 heavy (non-hydrogen) atoms. The van der Waals surface area contributed by atoms with Crippen molar-refractivity contribution >= 4 is 17.8 Å². The Morgan fingerprint density at radius 2 is 1.62 bits per heavy atom. The van der Waals surface area contributed by atoms with E-state index in [1.165, 1.54) is 5.69 Å². The number of carbonyl (C=O) groups is 2. The van der Waals surface area contributed by atoms with Gasteiger partial charge in [0.15, 0.2) is 0 Å². The quantitative estimate of drug-likeness (QED) is 0.645. The first kappa shape index (κ1) is 24.0. The lowest BCUT2D eigenvalue weighted by Crippen LogP contribution is -2.47. The molecule has 0 aromatic heterocycles. The van der Waals surface area contributed by atoms with Gasteiger partial charge < -0.3 is 29.5 Å². The summed E-state index contributed by atoms with van der Waals surface area (Å²) in [5, 5.41) is 3.04. The van der Waals surface area contributed by atoms with Gasteiger partial charge in [-0.3, -0.25) is 4.90 Å². The second-order valence-electron chi connectivity index (χ2n) is 8.14. The molecule has 9 nitrogen and oxygen atoms in total. The Morgan fingerprint density at radius 3 is 2.31 bits per heavy atom. The van der Waals surface area contributed by atoms with E-state index < -0.39 is 0 Å². The van der Waals surface area contributed by atoms with E-state index in [1.54, 1.807) is 23.8 Å². The molecule has 0 unspecified atom stereocenters. The Hall–Kier alpha value is -2.68. The van der Waals surface area contributed by atoms with Crippen LogP contribution in [0.15, 0.2) is 24.3 Å². The molecule has 2 aliphatic heterocycles. The minimum atomic E-state index is -0.290. The van der Waals surface area contributed by atoms with Crippen molar-refractivity contribution in [2.75, 3.05) is 84.1 Å². The predicted molar refractivity (Wildman–Crippen MR) is 124 cm³/mol. The highest BCUT2D eigenvalue weighted by molar-refractivity contribution is 5.74. The number of methoxy groups -OCH3 is 1. The van der Waals surface area contributed by atoms with Gasteiger partial charge in [-0.1, -0.05) is 0 Å². The fourth-order valence-electron chi connectivity index (χ4n) is 4.15. The maximum atomic E-state index is 12.5. The zero-order valence-electron chi connectivity index (χ0n) is 19.4. The lowest BCUT2D eigenvalue weighted by molar-refractivity contribution is 0.108. The topological polar surface area (TPSA) is 77.6 Å². The summed E-state index contributed by atoms with van der Waals surface area (Å²) in [6.07, 6.45) is 1.41. The maximum absolute atomic E-state index is 12.5. The minimum absolute atomic E-state index is 0.0416. The number of hydrogen-bond donors (Lipinski definition) is 1. The largest absolute Gasteiger partial charge is 0.497 e. The van der Waals surface area contributed by atoms with E-state index in [0.717, 1.165) is 51.3 Å². The summed E-state index contributed by atoms with van der Waals surface area (Å²) in [6.45, 7) is 10.2. The number of rotatable bonds is 7. The van der Waals surface area contributed by atoms with Crippen molar-refractivity contribution in [1.82, 2.24) is 20.0 Å². The molecule has 1 N–H and O–H groups in total. The summed E-state index contributed by atoms with van der Waals surface area (Å²) in [7, 11) is 1.68. The molecule has 2 saturated heterocycles. The Bertz CT molecular complexity index is 722. The van der Waals surface area contributed by atoms with Gasteiger partial charge >= 0.3 is 12.1 Å². The van der Waals surface area contributed by atoms with E-state index in [1.807, 2.05) is 12.1 Å². The molecule has 0 saturated carbocycles. The second-order valence-corrected chi connectivity index (χ2v) is 8.14. The molecule has 1 aromatic rings. The average Bonchev–Trinajstić information content (AvgIpc) is 3.09. The molecule has 3 amide bonds. The Labute approximate surface area is 191 Å². The molecule has 2 heterocycles. The monoisotopic (exact) mass is 447 g/mol. The third-order valence-electron chi connectivity index (χ3n) is 6.05. The summed E-state index contributed by atoms with van der Waals surface area (Å²) in [6, 6.07) is 8.18. The zero-order chi connectivity index (χ0) is 22.8. The van der Waals surface area contributed by atoms with E-state index in [-0.39, 0.29) is 12.1 Å². The van der Waals surface area contributed by atoms with Gasteiger partial charge in [-0.2, -0.15) is 0 Å². The van der Waals surface area contributed by atoms with Gasteiger partial charge in [0.25, 0.3) is 0 Å². The smallest absolute Gasteiger partial charge is 0.409 e. The first-order valence-corrected chi connectivity index (χ1v) is 11.7. The number of urea groups is 1. The first-order valence-electron chi connectivity index (χ1n) is 11.7. The van der Waals surface area contributed by atoms with E-state index in [0.29, 0.717) is 39.3 Å². The molecule has 2 aliphatic rings. The maximum Gasteiger partial charge on any atom is 0.409 e. The lowest BCUT2D eigenvalue weighted by atomic mass is 10.2. The summed E-state index contributed by atoms with van der Waals surface area (Å²) in [5.74, 6) is 0.880. The third-order valence-corrected chi connectivity index (χ3v) is 6.05. The van der Waals surface area contributed by atoms with Gasteiger partial charge in [0, 0.05) is 64.6 Å². The fourth-order valence-corrected chi connectivity index (χ4v) is 4.15. The van der Waals surface area contributed by atoms with Crippen LogP contribution in [0.25, 0.3) is 0 Å². The van der Waals surface area contributed by atoms with Crippen molar-refractivity contribution in [1.29, 1.82) is 0 Å². The van der Waals surface area contributed by atoms with Gasteiger partial charge in [0.1, 0.15) is 5.75 Å². The van der Waals surface area contributed by atoms with Gasteiger partial charge in [-0.25, -0.2) is 9.59 Å². The highest BCUT2D eigenvalue weighted by atomic mass is 16.6. The van der Waals surface area contributed by atoms with Crippen LogP contribution in [0.4, 0.5) is 15.3 Å². The summed E-state index contributed by atoms with van der Waals surface area (Å²) < 4.78 is 10.3. The van der Waals surface area contributed by atoms with Crippen LogP contribution in [0, 0.1) is 0 Å². The molecular formula is C23H37N5O4. The summed E-state index contributed by atoms with van der Waals surface area (Å²) in [5.41, 5.74) is 1.23. The van der Waals surface area contributed by atoms with Crippen LogP contribution in [0.5, 0.6) is 5.75 Å². The minimum Gasteiger partial charge on any atom is -0.497 e. The van der Waals surface area contributed by atoms with Gasteiger partial charge in [0.05, 0.1) is 13.7 Å². The standard InChI is InChI=1S/C23H37N5O4/c1-3-32-23(30)28-13-5-12-27(18-19-28)22(29)24-10-4-11-25-14-16-26(17-15-25)20-6-8-21(31-2)9-7-20/h6-9H,3-5,10-19H2,1-2H3,(H,24,29). The number of piperazine rings is 1. The van der Waals surface area contributed by atoms with Crippen molar-refractivity contribution in [2.45, 2.75) is 19.8 Å². The summed E-state index contributed by atoms with van der Waals surface area (Å²) in [4.78, 5) is 32.7. The third kappa shape index (κ3) is 6.91. The number of carbonyl (C=O) groups excluding carboxylic acids is 2. The molecule has 0 spiro atoms. The van der Waals surface area contributed by atoms with Crippen LogP contribution in [0.3, 0.4) is 0 Å². The number of nitrogens with one attached hydrogen (secondary N) is 1. The van der Waals surface area contributed by atoms with Crippen LogP contribution >= 0.6 is 0 Å². The Kier molecular flexibility index (Phi) is 9.27.